The molecule has 0 aromatic heterocycles. The summed E-state index contributed by atoms with van der Waals surface area (Å²) >= 11 is 7.56. The number of carbonyl (C=O) groups is 3. The quantitative estimate of drug-likeness (QED) is 0.755. The molecule has 0 unspecified atom stereocenters. The molecule has 1 aliphatic rings. The van der Waals surface area contributed by atoms with E-state index in [1.807, 2.05) is 0 Å². The fourth-order valence-corrected chi connectivity index (χ4v) is 3.60. The molecule has 2 aromatic rings. The van der Waals surface area contributed by atoms with E-state index in [9.17, 15) is 14.4 Å². The van der Waals surface area contributed by atoms with Crippen LogP contribution >= 0.6 is 23.4 Å². The number of benzene rings is 2. The minimum atomic E-state index is -0.640. The van der Waals surface area contributed by atoms with Gasteiger partial charge in [-0.1, -0.05) is 17.7 Å². The lowest BCUT2D eigenvalue weighted by molar-refractivity contribution is -0.119. The second kappa shape index (κ2) is 8.45. The van der Waals surface area contributed by atoms with Gasteiger partial charge in [-0.2, -0.15) is 0 Å². The van der Waals surface area contributed by atoms with Crippen molar-refractivity contribution in [2.45, 2.75) is 18.2 Å². The lowest BCUT2D eigenvalue weighted by Gasteiger charge is -2.11. The highest BCUT2D eigenvalue weighted by Crippen LogP contribution is 2.31. The minimum absolute atomic E-state index is 0.0944. The van der Waals surface area contributed by atoms with E-state index in [4.69, 9.17) is 16.3 Å². The van der Waals surface area contributed by atoms with E-state index in [-0.39, 0.29) is 11.5 Å². The molecule has 0 radical (unpaired) electrons. The lowest BCUT2D eigenvalue weighted by atomic mass is 10.2. The molecule has 0 atom stereocenters. The molecule has 2 amide bonds. The van der Waals surface area contributed by atoms with Gasteiger partial charge >= 0.3 is 5.97 Å². The normalized spacial score (nSPS) is 13.2. The van der Waals surface area contributed by atoms with E-state index in [0.29, 0.717) is 28.6 Å². The van der Waals surface area contributed by atoms with E-state index < -0.39 is 18.5 Å². The highest BCUT2D eigenvalue weighted by Gasteiger charge is 2.17. The van der Waals surface area contributed by atoms with Gasteiger partial charge in [0, 0.05) is 27.8 Å². The van der Waals surface area contributed by atoms with Crippen LogP contribution in [0, 0.1) is 6.92 Å². The monoisotopic (exact) mass is 404 g/mol. The molecule has 2 aromatic carbocycles. The van der Waals surface area contributed by atoms with Crippen LogP contribution in [0.25, 0.3) is 0 Å². The Bertz CT molecular complexity index is 917. The van der Waals surface area contributed by atoms with Gasteiger partial charge in [-0.25, -0.2) is 4.79 Å². The Hall–Kier alpha value is -2.51. The van der Waals surface area contributed by atoms with Crippen LogP contribution in [0.1, 0.15) is 22.3 Å². The van der Waals surface area contributed by atoms with Crippen LogP contribution in [-0.2, 0) is 14.3 Å². The summed E-state index contributed by atoms with van der Waals surface area (Å²) in [5.74, 6) is -0.513. The van der Waals surface area contributed by atoms with E-state index in [0.717, 1.165) is 10.5 Å². The maximum absolute atomic E-state index is 12.2. The molecule has 1 heterocycles. The second-order valence-corrected chi connectivity index (χ2v) is 7.44. The maximum Gasteiger partial charge on any atom is 0.338 e. The van der Waals surface area contributed by atoms with Gasteiger partial charge in [0.25, 0.3) is 5.91 Å². The first-order chi connectivity index (χ1) is 12.9. The smallest absolute Gasteiger partial charge is 0.338 e. The fourth-order valence-electron chi connectivity index (χ4n) is 2.49. The molecule has 0 bridgehead atoms. The van der Waals surface area contributed by atoms with Crippen molar-refractivity contribution in [2.75, 3.05) is 23.0 Å². The highest BCUT2D eigenvalue weighted by molar-refractivity contribution is 7.99. The topological polar surface area (TPSA) is 84.5 Å². The summed E-state index contributed by atoms with van der Waals surface area (Å²) in [6.45, 7) is 1.36. The molecular weight excluding hydrogens is 388 g/mol. The molecule has 1 aliphatic heterocycles. The SMILES string of the molecule is Cc1c(Cl)cccc1NC(=O)COC(=O)c1ccc2c(c1)NC(=O)CCS2. The van der Waals surface area contributed by atoms with Gasteiger partial charge in [0.1, 0.15) is 0 Å². The number of carbonyl (C=O) groups excluding carboxylic acids is 3. The summed E-state index contributed by atoms with van der Waals surface area (Å²) in [7, 11) is 0. The van der Waals surface area contributed by atoms with Crippen LogP contribution < -0.4 is 10.6 Å². The van der Waals surface area contributed by atoms with E-state index in [2.05, 4.69) is 10.6 Å². The molecule has 0 aliphatic carbocycles. The van der Waals surface area contributed by atoms with Crippen molar-refractivity contribution in [1.29, 1.82) is 0 Å². The standard InChI is InChI=1S/C19H17ClN2O4S/c1-11-13(20)3-2-4-14(11)21-18(24)10-26-19(25)12-5-6-16-15(9-12)22-17(23)7-8-27-16/h2-6,9H,7-8,10H2,1H3,(H,21,24)(H,22,23). The van der Waals surface area contributed by atoms with E-state index >= 15 is 0 Å². The number of thioether (sulfide) groups is 1. The fraction of sp³-hybridized carbons (Fsp3) is 0.211. The molecule has 140 valence electrons. The first-order valence-corrected chi connectivity index (χ1v) is 9.59. The van der Waals surface area contributed by atoms with Gasteiger partial charge in [0.2, 0.25) is 5.91 Å². The zero-order chi connectivity index (χ0) is 19.4. The second-order valence-electron chi connectivity index (χ2n) is 5.89. The third-order valence-corrected chi connectivity index (χ3v) is 5.44. The number of ether oxygens (including phenoxy) is 1. The average molecular weight is 405 g/mol. The first-order valence-electron chi connectivity index (χ1n) is 8.23. The van der Waals surface area contributed by atoms with Crippen LogP contribution in [0.3, 0.4) is 0 Å². The van der Waals surface area contributed by atoms with E-state index in [1.54, 1.807) is 55.1 Å². The minimum Gasteiger partial charge on any atom is -0.452 e. The summed E-state index contributed by atoms with van der Waals surface area (Å²) in [5.41, 5.74) is 2.14. The van der Waals surface area contributed by atoms with Crippen LogP contribution in [0.5, 0.6) is 0 Å². The number of esters is 1. The summed E-state index contributed by atoms with van der Waals surface area (Å²) < 4.78 is 5.08. The van der Waals surface area contributed by atoms with Crippen molar-refractivity contribution < 1.29 is 19.1 Å². The Morgan fingerprint density at radius 3 is 2.93 bits per heavy atom. The van der Waals surface area contributed by atoms with Gasteiger partial charge in [-0.05, 0) is 42.8 Å². The number of halogens is 1. The third-order valence-electron chi connectivity index (χ3n) is 3.95. The van der Waals surface area contributed by atoms with Gasteiger partial charge in [-0.15, -0.1) is 11.8 Å². The number of rotatable bonds is 4. The van der Waals surface area contributed by atoms with Crippen molar-refractivity contribution in [3.8, 4) is 0 Å². The Morgan fingerprint density at radius 2 is 2.11 bits per heavy atom. The Labute approximate surface area is 165 Å². The zero-order valence-corrected chi connectivity index (χ0v) is 16.1. The third kappa shape index (κ3) is 4.81. The number of anilines is 2. The van der Waals surface area contributed by atoms with Crippen molar-refractivity contribution in [2.24, 2.45) is 0 Å². The summed E-state index contributed by atoms with van der Waals surface area (Å²) in [4.78, 5) is 36.8. The largest absolute Gasteiger partial charge is 0.452 e. The average Bonchev–Trinajstić information content (AvgIpc) is 2.83. The predicted molar refractivity (Wildman–Crippen MR) is 106 cm³/mol. The van der Waals surface area contributed by atoms with Crippen LogP contribution in [0.15, 0.2) is 41.3 Å². The van der Waals surface area contributed by atoms with Gasteiger partial charge in [0.15, 0.2) is 6.61 Å². The lowest BCUT2D eigenvalue weighted by Crippen LogP contribution is -2.21. The number of nitrogens with one attached hydrogen (secondary N) is 2. The molecule has 27 heavy (non-hydrogen) atoms. The number of hydrogen-bond acceptors (Lipinski definition) is 5. The molecule has 2 N–H and O–H groups in total. The van der Waals surface area contributed by atoms with Crippen LogP contribution in [0.2, 0.25) is 5.02 Å². The Balaban J connectivity index is 1.61. The molecule has 0 saturated heterocycles. The van der Waals surface area contributed by atoms with Crippen molar-refractivity contribution in [1.82, 2.24) is 0 Å². The molecule has 8 heteroatoms. The number of amides is 2. The predicted octanol–water partition coefficient (Wildman–Crippen LogP) is 3.88. The van der Waals surface area contributed by atoms with Crippen molar-refractivity contribution >= 4 is 52.5 Å². The van der Waals surface area contributed by atoms with Crippen molar-refractivity contribution in [3.63, 3.8) is 0 Å². The van der Waals surface area contributed by atoms with Crippen LogP contribution in [0.4, 0.5) is 11.4 Å². The molecule has 3 rings (SSSR count). The first kappa shape index (κ1) is 19.3. The summed E-state index contributed by atoms with van der Waals surface area (Å²) in [6, 6.07) is 10.1. The number of fused-ring (bicyclic) bond motifs is 1. The summed E-state index contributed by atoms with van der Waals surface area (Å²) in [5, 5.41) is 5.97. The zero-order valence-electron chi connectivity index (χ0n) is 14.5. The Kier molecular flexibility index (Phi) is 6.03. The molecule has 0 spiro atoms. The van der Waals surface area contributed by atoms with Gasteiger partial charge < -0.3 is 15.4 Å². The van der Waals surface area contributed by atoms with Crippen LogP contribution in [-0.4, -0.2) is 30.1 Å². The van der Waals surface area contributed by atoms with Crippen molar-refractivity contribution in [3.05, 3.63) is 52.5 Å². The van der Waals surface area contributed by atoms with E-state index in [1.165, 1.54) is 0 Å². The van der Waals surface area contributed by atoms with Gasteiger partial charge in [0.05, 0.1) is 11.3 Å². The number of hydrogen-bond donors (Lipinski definition) is 2. The maximum atomic E-state index is 12.2. The highest BCUT2D eigenvalue weighted by atomic mass is 35.5. The summed E-state index contributed by atoms with van der Waals surface area (Å²) in [6.07, 6.45) is 0.419. The molecular formula is C19H17ClN2O4S. The van der Waals surface area contributed by atoms with Gasteiger partial charge in [-0.3, -0.25) is 9.59 Å². The Morgan fingerprint density at radius 1 is 1.30 bits per heavy atom. The molecule has 0 saturated carbocycles. The molecule has 6 nitrogen and oxygen atoms in total. The molecule has 0 fully saturated rings.